The molecule has 0 saturated carbocycles. The third-order valence-electron chi connectivity index (χ3n) is 2.08. The van der Waals surface area contributed by atoms with Crippen molar-refractivity contribution in [2.75, 3.05) is 0 Å². The quantitative estimate of drug-likeness (QED) is 0.617. The highest BCUT2D eigenvalue weighted by Gasteiger charge is 2.22. The van der Waals surface area contributed by atoms with Gasteiger partial charge in [0.2, 0.25) is 0 Å². The Morgan fingerprint density at radius 1 is 1.67 bits per heavy atom. The number of hydrogen-bond acceptors (Lipinski definition) is 4. The van der Waals surface area contributed by atoms with Crippen LogP contribution < -0.4 is 5.73 Å². The lowest BCUT2D eigenvalue weighted by Crippen LogP contribution is -2.08. The van der Waals surface area contributed by atoms with E-state index in [1.165, 1.54) is 6.92 Å². The van der Waals surface area contributed by atoms with Crippen LogP contribution in [0.5, 0.6) is 0 Å². The molecule has 0 aliphatic rings. The number of alkyl halides is 2. The fourth-order valence-corrected chi connectivity index (χ4v) is 1.29. The maximum Gasteiger partial charge on any atom is 0.292 e. The first kappa shape index (κ1) is 11.4. The zero-order valence-electron chi connectivity index (χ0n) is 7.91. The molecule has 0 aliphatic heterocycles. The van der Waals surface area contributed by atoms with Gasteiger partial charge in [0, 0.05) is 12.1 Å². The van der Waals surface area contributed by atoms with E-state index in [9.17, 15) is 18.9 Å². The van der Waals surface area contributed by atoms with Crippen molar-refractivity contribution in [3.8, 4) is 0 Å². The molecule has 1 heterocycles. The van der Waals surface area contributed by atoms with E-state index < -0.39 is 17.0 Å². The second-order valence-corrected chi connectivity index (χ2v) is 2.89. The predicted molar refractivity (Wildman–Crippen MR) is 48.5 cm³/mol. The summed E-state index contributed by atoms with van der Waals surface area (Å²) in [6, 6.07) is 0. The second-order valence-electron chi connectivity index (χ2n) is 2.89. The Bertz CT molecular complexity index is 396. The molecule has 0 spiro atoms. The molecule has 0 saturated heterocycles. The largest absolute Gasteiger partial charge is 0.326 e. The number of pyridine rings is 1. The first-order chi connectivity index (χ1) is 6.99. The van der Waals surface area contributed by atoms with Gasteiger partial charge in [0.1, 0.15) is 11.9 Å². The van der Waals surface area contributed by atoms with E-state index in [4.69, 9.17) is 5.73 Å². The van der Waals surface area contributed by atoms with E-state index >= 15 is 0 Å². The average molecular weight is 217 g/mol. The third-order valence-corrected chi connectivity index (χ3v) is 2.08. The molecule has 0 aromatic carbocycles. The van der Waals surface area contributed by atoms with Crippen LogP contribution in [0.1, 0.15) is 23.2 Å². The number of aromatic nitrogens is 1. The Kier molecular flexibility index (Phi) is 3.25. The summed E-state index contributed by atoms with van der Waals surface area (Å²) in [5.74, 6) is 0. The molecule has 0 bridgehead atoms. The number of rotatable bonds is 3. The van der Waals surface area contributed by atoms with Crippen molar-refractivity contribution in [3.63, 3.8) is 0 Å². The highest BCUT2D eigenvalue weighted by Crippen LogP contribution is 2.27. The van der Waals surface area contributed by atoms with Crippen molar-refractivity contribution in [2.24, 2.45) is 5.73 Å². The van der Waals surface area contributed by atoms with E-state index in [1.54, 1.807) is 0 Å². The molecule has 1 rings (SSSR count). The normalized spacial score (nSPS) is 10.7. The van der Waals surface area contributed by atoms with E-state index in [2.05, 4.69) is 4.98 Å². The number of nitrogens with two attached hydrogens (primary N) is 1. The zero-order chi connectivity index (χ0) is 11.6. The molecule has 15 heavy (non-hydrogen) atoms. The molecule has 0 unspecified atom stereocenters. The van der Waals surface area contributed by atoms with Crippen LogP contribution in [0.4, 0.5) is 14.5 Å². The fourth-order valence-electron chi connectivity index (χ4n) is 1.29. The van der Waals surface area contributed by atoms with Crippen LogP contribution in [0.3, 0.4) is 0 Å². The summed E-state index contributed by atoms with van der Waals surface area (Å²) in [5.41, 5.74) is 4.69. The molecule has 2 N–H and O–H groups in total. The van der Waals surface area contributed by atoms with Gasteiger partial charge in [0.05, 0.1) is 4.92 Å². The van der Waals surface area contributed by atoms with Gasteiger partial charge in [-0.15, -0.1) is 0 Å². The summed E-state index contributed by atoms with van der Waals surface area (Å²) >= 11 is 0. The molecule has 1 aromatic heterocycles. The molecule has 7 heteroatoms. The van der Waals surface area contributed by atoms with E-state index in [1.807, 2.05) is 0 Å². The van der Waals surface area contributed by atoms with Crippen LogP contribution in [-0.4, -0.2) is 9.91 Å². The van der Waals surface area contributed by atoms with Crippen molar-refractivity contribution < 1.29 is 13.7 Å². The minimum Gasteiger partial charge on any atom is -0.326 e. The Hall–Kier alpha value is -1.63. The summed E-state index contributed by atoms with van der Waals surface area (Å²) in [6.07, 6.45) is -1.94. The fraction of sp³-hybridized carbons (Fsp3) is 0.375. The summed E-state index contributed by atoms with van der Waals surface area (Å²) < 4.78 is 24.8. The summed E-state index contributed by atoms with van der Waals surface area (Å²) in [4.78, 5) is 13.2. The second kappa shape index (κ2) is 4.26. The van der Waals surface area contributed by atoms with Gasteiger partial charge < -0.3 is 5.73 Å². The van der Waals surface area contributed by atoms with Crippen molar-refractivity contribution in [1.29, 1.82) is 0 Å². The summed E-state index contributed by atoms with van der Waals surface area (Å²) in [5, 5.41) is 10.5. The van der Waals surface area contributed by atoms with Gasteiger partial charge in [-0.1, -0.05) is 0 Å². The summed E-state index contributed by atoms with van der Waals surface area (Å²) in [7, 11) is 0. The predicted octanol–water partition coefficient (Wildman–Crippen LogP) is 1.69. The van der Waals surface area contributed by atoms with Gasteiger partial charge in [-0.05, 0) is 12.5 Å². The van der Waals surface area contributed by atoms with Crippen molar-refractivity contribution in [2.45, 2.75) is 19.9 Å². The lowest BCUT2D eigenvalue weighted by atomic mass is 10.1. The molecule has 0 fully saturated rings. The molecular weight excluding hydrogens is 208 g/mol. The number of nitro groups is 1. The van der Waals surface area contributed by atoms with Crippen LogP contribution in [0.2, 0.25) is 0 Å². The Labute approximate surface area is 84.1 Å². The van der Waals surface area contributed by atoms with Crippen LogP contribution >= 0.6 is 0 Å². The SMILES string of the molecule is Cc1c(C(F)F)ncc([N+](=O)[O-])c1CN. The molecule has 0 amide bonds. The molecule has 0 aliphatic carbocycles. The van der Waals surface area contributed by atoms with E-state index in [0.717, 1.165) is 6.20 Å². The van der Waals surface area contributed by atoms with Crippen molar-refractivity contribution in [3.05, 3.63) is 33.1 Å². The molecule has 1 aromatic rings. The lowest BCUT2D eigenvalue weighted by Gasteiger charge is -2.08. The van der Waals surface area contributed by atoms with Crippen molar-refractivity contribution >= 4 is 5.69 Å². The van der Waals surface area contributed by atoms with E-state index in [-0.39, 0.29) is 23.4 Å². The summed E-state index contributed by atoms with van der Waals surface area (Å²) in [6.45, 7) is 1.19. The minimum atomic E-state index is -2.75. The van der Waals surface area contributed by atoms with Gasteiger partial charge in [-0.3, -0.25) is 10.1 Å². The Morgan fingerprint density at radius 3 is 2.67 bits per heavy atom. The maximum atomic E-state index is 12.4. The van der Waals surface area contributed by atoms with Gasteiger partial charge in [0.25, 0.3) is 12.1 Å². The zero-order valence-corrected chi connectivity index (χ0v) is 7.91. The molecule has 5 nitrogen and oxygen atoms in total. The van der Waals surface area contributed by atoms with Gasteiger partial charge in [0.15, 0.2) is 0 Å². The van der Waals surface area contributed by atoms with Gasteiger partial charge in [-0.2, -0.15) is 0 Å². The van der Waals surface area contributed by atoms with Crippen LogP contribution in [0, 0.1) is 17.0 Å². The highest BCUT2D eigenvalue weighted by atomic mass is 19.3. The third kappa shape index (κ3) is 2.07. The highest BCUT2D eigenvalue weighted by molar-refractivity contribution is 5.45. The first-order valence-electron chi connectivity index (χ1n) is 4.10. The van der Waals surface area contributed by atoms with Gasteiger partial charge in [-0.25, -0.2) is 13.8 Å². The topological polar surface area (TPSA) is 82.0 Å². The smallest absolute Gasteiger partial charge is 0.292 e. The van der Waals surface area contributed by atoms with Crippen LogP contribution in [0.15, 0.2) is 6.20 Å². The monoisotopic (exact) mass is 217 g/mol. The van der Waals surface area contributed by atoms with Gasteiger partial charge >= 0.3 is 0 Å². The van der Waals surface area contributed by atoms with Crippen molar-refractivity contribution in [1.82, 2.24) is 4.98 Å². The van der Waals surface area contributed by atoms with E-state index in [0.29, 0.717) is 0 Å². The standard InChI is InChI=1S/C8H9F2N3O2/c1-4-5(2-11)6(13(14)15)3-12-7(4)8(9)10/h3,8H,2,11H2,1H3. The first-order valence-corrected chi connectivity index (χ1v) is 4.10. The van der Waals surface area contributed by atoms with Crippen LogP contribution in [0.25, 0.3) is 0 Å². The number of hydrogen-bond donors (Lipinski definition) is 1. The number of nitrogens with zero attached hydrogens (tertiary/aromatic N) is 2. The Balaban J connectivity index is 3.39. The Morgan fingerprint density at radius 2 is 2.27 bits per heavy atom. The molecule has 82 valence electrons. The lowest BCUT2D eigenvalue weighted by molar-refractivity contribution is -0.385. The molecule has 0 atom stereocenters. The average Bonchev–Trinajstić information content (AvgIpc) is 2.16. The number of halogens is 2. The van der Waals surface area contributed by atoms with Crippen LogP contribution in [-0.2, 0) is 6.54 Å². The minimum absolute atomic E-state index is 0.0849. The molecule has 0 radical (unpaired) electrons. The maximum absolute atomic E-state index is 12.4. The molecular formula is C8H9F2N3O2.